The number of aromatic nitrogens is 3. The van der Waals surface area contributed by atoms with Gasteiger partial charge in [-0.1, -0.05) is 53.8 Å². The van der Waals surface area contributed by atoms with Crippen LogP contribution in [0.1, 0.15) is 16.8 Å². The third-order valence-corrected chi connectivity index (χ3v) is 6.92. The van der Waals surface area contributed by atoms with Crippen LogP contribution in [-0.2, 0) is 6.54 Å². The summed E-state index contributed by atoms with van der Waals surface area (Å²) in [6.07, 6.45) is 1.98. The summed E-state index contributed by atoms with van der Waals surface area (Å²) < 4.78 is 17.9. The van der Waals surface area contributed by atoms with Crippen LogP contribution in [0.15, 0.2) is 77.6 Å². The van der Waals surface area contributed by atoms with E-state index in [1.165, 1.54) is 23.5 Å². The van der Waals surface area contributed by atoms with Gasteiger partial charge >= 0.3 is 0 Å². The van der Waals surface area contributed by atoms with Crippen molar-refractivity contribution in [2.75, 3.05) is 0 Å². The van der Waals surface area contributed by atoms with E-state index >= 15 is 0 Å². The molecular formula is C26H18FN3OS. The summed E-state index contributed by atoms with van der Waals surface area (Å²) in [6.45, 7) is 2.69. The van der Waals surface area contributed by atoms with E-state index in [0.717, 1.165) is 38.8 Å². The molecule has 3 aromatic heterocycles. The number of rotatable bonds is 3. The fourth-order valence-electron chi connectivity index (χ4n) is 4.36. The first kappa shape index (κ1) is 19.0. The first-order chi connectivity index (χ1) is 15.6. The summed E-state index contributed by atoms with van der Waals surface area (Å²) in [5, 5.41) is 1.09. The third-order valence-electron chi connectivity index (χ3n) is 5.95. The van der Waals surface area contributed by atoms with Crippen LogP contribution in [0.4, 0.5) is 4.39 Å². The topological polar surface area (TPSA) is 39.3 Å². The van der Waals surface area contributed by atoms with E-state index in [1.54, 1.807) is 4.40 Å². The molecule has 0 aliphatic rings. The second-order valence-corrected chi connectivity index (χ2v) is 8.87. The van der Waals surface area contributed by atoms with Gasteiger partial charge in [0.05, 0.1) is 15.6 Å². The van der Waals surface area contributed by atoms with Gasteiger partial charge in [-0.05, 0) is 48.9 Å². The Kier molecular flexibility index (Phi) is 4.23. The summed E-state index contributed by atoms with van der Waals surface area (Å²) in [6, 6.07) is 22.5. The standard InChI is InChI=1S/C26H18FN3OS/c1-16-20(14-24-25(31)30-23-9-5-3-7-21(23)28-26(30)32-24)19-6-2-4-8-22(19)29(16)15-17-10-12-18(27)13-11-17/h2-14H,15H2,1H3/b24-14+. The van der Waals surface area contributed by atoms with E-state index in [4.69, 9.17) is 0 Å². The summed E-state index contributed by atoms with van der Waals surface area (Å²) in [7, 11) is 0. The van der Waals surface area contributed by atoms with Crippen LogP contribution >= 0.6 is 11.3 Å². The predicted molar refractivity (Wildman–Crippen MR) is 128 cm³/mol. The SMILES string of the molecule is Cc1c(/C=c2/sc3nc4ccccc4n3c2=O)c2ccccc2n1Cc1ccc(F)cc1. The zero-order valence-corrected chi connectivity index (χ0v) is 18.1. The van der Waals surface area contributed by atoms with E-state index in [2.05, 4.69) is 28.6 Å². The number of halogens is 1. The van der Waals surface area contributed by atoms with Crippen molar-refractivity contribution in [3.63, 3.8) is 0 Å². The Hall–Kier alpha value is -3.77. The molecule has 6 heteroatoms. The van der Waals surface area contributed by atoms with Crippen molar-refractivity contribution < 1.29 is 4.39 Å². The first-order valence-electron chi connectivity index (χ1n) is 10.3. The number of hydrogen-bond acceptors (Lipinski definition) is 3. The molecule has 32 heavy (non-hydrogen) atoms. The molecule has 0 bridgehead atoms. The van der Waals surface area contributed by atoms with Gasteiger partial charge in [-0.25, -0.2) is 13.8 Å². The lowest BCUT2D eigenvalue weighted by atomic mass is 10.1. The third kappa shape index (κ3) is 2.87. The van der Waals surface area contributed by atoms with E-state index in [1.807, 2.05) is 54.6 Å². The van der Waals surface area contributed by atoms with Gasteiger partial charge in [0.2, 0.25) is 0 Å². The predicted octanol–water partition coefficient (Wildman–Crippen LogP) is 4.91. The van der Waals surface area contributed by atoms with Crippen LogP contribution in [-0.4, -0.2) is 14.0 Å². The second kappa shape index (κ2) is 7.14. The second-order valence-electron chi connectivity index (χ2n) is 7.86. The van der Waals surface area contributed by atoms with Gasteiger partial charge in [0.25, 0.3) is 5.56 Å². The molecule has 6 rings (SSSR count). The van der Waals surface area contributed by atoms with Crippen molar-refractivity contribution in [2.45, 2.75) is 13.5 Å². The summed E-state index contributed by atoms with van der Waals surface area (Å²) in [4.78, 5) is 18.6. The molecule has 0 saturated carbocycles. The lowest BCUT2D eigenvalue weighted by Gasteiger charge is -2.08. The molecule has 0 aliphatic heterocycles. The van der Waals surface area contributed by atoms with Gasteiger partial charge in [-0.2, -0.15) is 0 Å². The quantitative estimate of drug-likeness (QED) is 0.393. The number of fused-ring (bicyclic) bond motifs is 4. The van der Waals surface area contributed by atoms with Crippen LogP contribution in [0.3, 0.4) is 0 Å². The van der Waals surface area contributed by atoms with Gasteiger partial charge in [-0.15, -0.1) is 0 Å². The van der Waals surface area contributed by atoms with E-state index < -0.39 is 0 Å². The molecule has 156 valence electrons. The molecular weight excluding hydrogens is 421 g/mol. The van der Waals surface area contributed by atoms with Gasteiger partial charge in [0.15, 0.2) is 4.96 Å². The molecule has 0 spiro atoms. The normalized spacial score (nSPS) is 12.5. The fraction of sp³-hybridized carbons (Fsp3) is 0.0769. The Morgan fingerprint density at radius 2 is 1.69 bits per heavy atom. The molecule has 0 aliphatic carbocycles. The summed E-state index contributed by atoms with van der Waals surface area (Å²) in [5.41, 5.74) is 5.80. The Morgan fingerprint density at radius 1 is 0.969 bits per heavy atom. The smallest absolute Gasteiger partial charge is 0.274 e. The maximum absolute atomic E-state index is 13.4. The number of benzene rings is 3. The van der Waals surface area contributed by atoms with Crippen molar-refractivity contribution in [1.82, 2.24) is 14.0 Å². The fourth-order valence-corrected chi connectivity index (χ4v) is 5.33. The van der Waals surface area contributed by atoms with Crippen molar-refractivity contribution in [3.05, 3.63) is 110 Å². The zero-order chi connectivity index (χ0) is 21.8. The molecule has 0 radical (unpaired) electrons. The van der Waals surface area contributed by atoms with Crippen molar-refractivity contribution in [1.29, 1.82) is 0 Å². The Balaban J connectivity index is 1.56. The van der Waals surface area contributed by atoms with Crippen LogP contribution in [0, 0.1) is 12.7 Å². The minimum Gasteiger partial charge on any atom is -0.340 e. The number of nitrogens with zero attached hydrogens (tertiary/aromatic N) is 3. The highest BCUT2D eigenvalue weighted by Gasteiger charge is 2.15. The highest BCUT2D eigenvalue weighted by atomic mass is 32.1. The van der Waals surface area contributed by atoms with Crippen LogP contribution in [0.2, 0.25) is 0 Å². The Labute approximate surface area is 186 Å². The molecule has 0 atom stereocenters. The van der Waals surface area contributed by atoms with E-state index in [-0.39, 0.29) is 11.4 Å². The molecule has 0 N–H and O–H groups in total. The lowest BCUT2D eigenvalue weighted by Crippen LogP contribution is -2.22. The highest BCUT2D eigenvalue weighted by Crippen LogP contribution is 2.27. The van der Waals surface area contributed by atoms with E-state index in [0.29, 0.717) is 16.0 Å². The van der Waals surface area contributed by atoms with Crippen molar-refractivity contribution in [2.24, 2.45) is 0 Å². The molecule has 0 saturated heterocycles. The zero-order valence-electron chi connectivity index (χ0n) is 17.2. The van der Waals surface area contributed by atoms with Crippen molar-refractivity contribution >= 4 is 44.3 Å². The van der Waals surface area contributed by atoms with Gasteiger partial charge < -0.3 is 4.57 Å². The lowest BCUT2D eigenvalue weighted by molar-refractivity contribution is 0.626. The minimum atomic E-state index is -0.241. The number of imidazole rings is 1. The summed E-state index contributed by atoms with van der Waals surface area (Å²) >= 11 is 1.41. The van der Waals surface area contributed by atoms with Gasteiger partial charge in [0, 0.05) is 28.7 Å². The number of para-hydroxylation sites is 3. The average Bonchev–Trinajstić information content (AvgIpc) is 3.41. The Bertz CT molecular complexity index is 1740. The molecule has 0 fully saturated rings. The van der Waals surface area contributed by atoms with Crippen LogP contribution in [0.5, 0.6) is 0 Å². The van der Waals surface area contributed by atoms with E-state index in [9.17, 15) is 9.18 Å². The average molecular weight is 440 g/mol. The monoisotopic (exact) mass is 439 g/mol. The Morgan fingerprint density at radius 3 is 2.50 bits per heavy atom. The van der Waals surface area contributed by atoms with Crippen molar-refractivity contribution in [3.8, 4) is 0 Å². The number of hydrogen-bond donors (Lipinski definition) is 0. The maximum Gasteiger partial charge on any atom is 0.274 e. The van der Waals surface area contributed by atoms with Gasteiger partial charge in [0.1, 0.15) is 5.82 Å². The van der Waals surface area contributed by atoms with Gasteiger partial charge in [-0.3, -0.25) is 4.79 Å². The summed E-state index contributed by atoms with van der Waals surface area (Å²) in [5.74, 6) is -0.241. The van der Waals surface area contributed by atoms with Crippen LogP contribution < -0.4 is 10.1 Å². The van der Waals surface area contributed by atoms with Crippen LogP contribution in [0.25, 0.3) is 33.0 Å². The maximum atomic E-state index is 13.4. The highest BCUT2D eigenvalue weighted by molar-refractivity contribution is 7.15. The molecule has 3 aromatic carbocycles. The molecule has 0 amide bonds. The number of thiazole rings is 1. The molecule has 6 aromatic rings. The largest absolute Gasteiger partial charge is 0.340 e. The molecule has 4 nitrogen and oxygen atoms in total. The molecule has 0 unspecified atom stereocenters. The minimum absolute atomic E-state index is 0.0477. The first-order valence-corrected chi connectivity index (χ1v) is 11.2. The molecule has 3 heterocycles.